The Hall–Kier alpha value is -1.06. The van der Waals surface area contributed by atoms with Crippen LogP contribution in [0.25, 0.3) is 5.82 Å². The third kappa shape index (κ3) is 2.25. The molecule has 0 N–H and O–H groups in total. The molecule has 0 unspecified atom stereocenters. The molecule has 0 aliphatic rings. The maximum absolute atomic E-state index is 12.2. The summed E-state index contributed by atoms with van der Waals surface area (Å²) in [5, 5.41) is 3.94. The molecule has 1 radical (unpaired) electrons. The van der Waals surface area contributed by atoms with Crippen molar-refractivity contribution in [2.24, 2.45) is 0 Å². The van der Waals surface area contributed by atoms with E-state index in [9.17, 15) is 4.39 Å². The molecular weight excluding hydrogens is 361 g/mol. The number of hydrogen-bond donors (Lipinski definition) is 0. The molecule has 0 aliphatic carbocycles. The van der Waals surface area contributed by atoms with Gasteiger partial charge < -0.3 is 4.68 Å². The topological polar surface area (TPSA) is 30.7 Å². The van der Waals surface area contributed by atoms with Crippen molar-refractivity contribution in [3.05, 3.63) is 42.4 Å². The minimum absolute atomic E-state index is 0. The van der Waals surface area contributed by atoms with E-state index < -0.39 is 6.67 Å². The van der Waals surface area contributed by atoms with Crippen LogP contribution in [-0.2, 0) is 26.8 Å². The van der Waals surface area contributed by atoms with Gasteiger partial charge in [-0.05, 0) is 6.07 Å². The van der Waals surface area contributed by atoms with Gasteiger partial charge in [0.2, 0.25) is 0 Å². The first-order valence-corrected chi connectivity index (χ1v) is 3.84. The zero-order valence-electron chi connectivity index (χ0n) is 7.15. The van der Waals surface area contributed by atoms with Crippen molar-refractivity contribution in [2.75, 3.05) is 0 Å². The number of nitrogens with zero attached hydrogens (tertiary/aromatic N) is 3. The van der Waals surface area contributed by atoms with Crippen LogP contribution in [0, 0.1) is 6.20 Å². The predicted molar refractivity (Wildman–Crippen MR) is 45.0 cm³/mol. The Morgan fingerprint density at radius 3 is 2.93 bits per heavy atom. The molecule has 0 saturated heterocycles. The van der Waals surface area contributed by atoms with Crippen molar-refractivity contribution in [3.8, 4) is 5.82 Å². The quantitative estimate of drug-likeness (QED) is 0.753. The van der Waals surface area contributed by atoms with Crippen molar-refractivity contribution < 1.29 is 24.5 Å². The molecule has 0 bridgehead atoms. The molecule has 75 valence electrons. The Morgan fingerprint density at radius 1 is 1.43 bits per heavy atom. The Kier molecular flexibility index (Phi) is 3.92. The normalized spacial score (nSPS) is 9.50. The van der Waals surface area contributed by atoms with E-state index in [2.05, 4.69) is 16.3 Å². The average molecular weight is 368 g/mol. The van der Waals surface area contributed by atoms with Gasteiger partial charge in [-0.15, -0.1) is 6.07 Å². The summed E-state index contributed by atoms with van der Waals surface area (Å²) in [5.41, 5.74) is 0.404. The fraction of sp³-hybridized carbons (Fsp3) is 0.111. The van der Waals surface area contributed by atoms with Crippen molar-refractivity contribution in [3.63, 3.8) is 0 Å². The second-order valence-electron chi connectivity index (χ2n) is 2.49. The standard InChI is InChI=1S/C9H7FN3.Ir/c10-7-8-3-1-4-9(12-8)13-6-2-5-11-13;/h1-5H,7H2;/q-1;. The van der Waals surface area contributed by atoms with E-state index in [0.29, 0.717) is 11.5 Å². The fourth-order valence-corrected chi connectivity index (χ4v) is 1.02. The molecule has 2 rings (SSSR count). The maximum Gasteiger partial charge on any atom is 0.130 e. The smallest absolute Gasteiger partial charge is 0.130 e. The summed E-state index contributed by atoms with van der Waals surface area (Å²) in [6.07, 6.45) is 4.43. The van der Waals surface area contributed by atoms with Gasteiger partial charge in [0.15, 0.2) is 0 Å². The molecule has 3 nitrogen and oxygen atoms in total. The molecule has 0 aliphatic heterocycles. The van der Waals surface area contributed by atoms with Gasteiger partial charge in [-0.2, -0.15) is 0 Å². The van der Waals surface area contributed by atoms with Gasteiger partial charge >= 0.3 is 0 Å². The predicted octanol–water partition coefficient (Wildman–Crippen LogP) is 1.53. The number of halogens is 1. The van der Waals surface area contributed by atoms with E-state index in [1.807, 2.05) is 0 Å². The van der Waals surface area contributed by atoms with Crippen molar-refractivity contribution >= 4 is 0 Å². The number of pyridine rings is 1. The minimum Gasteiger partial charge on any atom is -0.344 e. The summed E-state index contributed by atoms with van der Waals surface area (Å²) < 4.78 is 13.7. The summed E-state index contributed by atoms with van der Waals surface area (Å²) in [6.45, 7) is -0.560. The van der Waals surface area contributed by atoms with Crippen LogP contribution in [0.4, 0.5) is 4.39 Å². The molecule has 2 aromatic rings. The van der Waals surface area contributed by atoms with Crippen LogP contribution >= 0.6 is 0 Å². The van der Waals surface area contributed by atoms with E-state index in [-0.39, 0.29) is 20.1 Å². The molecule has 0 amide bonds. The Balaban J connectivity index is 0.000000980. The molecule has 0 aromatic carbocycles. The summed E-state index contributed by atoms with van der Waals surface area (Å²) >= 11 is 0. The van der Waals surface area contributed by atoms with Crippen LogP contribution in [0.5, 0.6) is 0 Å². The van der Waals surface area contributed by atoms with E-state index in [1.165, 1.54) is 4.68 Å². The molecular formula is C9H7FIrN3-. The van der Waals surface area contributed by atoms with Gasteiger partial charge in [0.25, 0.3) is 0 Å². The van der Waals surface area contributed by atoms with Gasteiger partial charge in [0.1, 0.15) is 6.67 Å². The average Bonchev–Trinajstić information content (AvgIpc) is 2.71. The van der Waals surface area contributed by atoms with Crippen LogP contribution in [0.2, 0.25) is 0 Å². The summed E-state index contributed by atoms with van der Waals surface area (Å²) in [5.74, 6) is 0.583. The Morgan fingerprint density at radius 2 is 2.29 bits per heavy atom. The largest absolute Gasteiger partial charge is 0.344 e. The Bertz CT molecular complexity index is 389. The van der Waals surface area contributed by atoms with Crippen molar-refractivity contribution in [1.29, 1.82) is 0 Å². The van der Waals surface area contributed by atoms with E-state index in [1.54, 1.807) is 30.5 Å². The fourth-order valence-electron chi connectivity index (χ4n) is 1.02. The first-order valence-electron chi connectivity index (χ1n) is 3.84. The van der Waals surface area contributed by atoms with Gasteiger partial charge in [-0.3, -0.25) is 10.1 Å². The van der Waals surface area contributed by atoms with Crippen LogP contribution in [0.1, 0.15) is 5.69 Å². The van der Waals surface area contributed by atoms with Crippen LogP contribution in [-0.4, -0.2) is 14.8 Å². The molecule has 14 heavy (non-hydrogen) atoms. The minimum atomic E-state index is -0.560. The van der Waals surface area contributed by atoms with Crippen molar-refractivity contribution in [1.82, 2.24) is 14.8 Å². The van der Waals surface area contributed by atoms with Crippen LogP contribution < -0.4 is 0 Å². The van der Waals surface area contributed by atoms with Gasteiger partial charge in [0, 0.05) is 20.1 Å². The summed E-state index contributed by atoms with van der Waals surface area (Å²) in [7, 11) is 0. The second kappa shape index (κ2) is 4.98. The third-order valence-corrected chi connectivity index (χ3v) is 1.60. The number of rotatable bonds is 2. The first-order chi connectivity index (χ1) is 6.40. The van der Waals surface area contributed by atoms with E-state index in [4.69, 9.17) is 0 Å². The zero-order valence-corrected chi connectivity index (χ0v) is 9.54. The van der Waals surface area contributed by atoms with Crippen LogP contribution in [0.15, 0.2) is 30.5 Å². The molecule has 2 heterocycles. The van der Waals surface area contributed by atoms with E-state index >= 15 is 0 Å². The second-order valence-corrected chi connectivity index (χ2v) is 2.49. The third-order valence-electron chi connectivity index (χ3n) is 1.60. The van der Waals surface area contributed by atoms with Gasteiger partial charge in [-0.25, -0.2) is 4.39 Å². The molecule has 0 saturated carbocycles. The maximum atomic E-state index is 12.2. The van der Waals surface area contributed by atoms with E-state index in [0.717, 1.165) is 0 Å². The monoisotopic (exact) mass is 369 g/mol. The van der Waals surface area contributed by atoms with Gasteiger partial charge in [0.05, 0.1) is 11.5 Å². The summed E-state index contributed by atoms with van der Waals surface area (Å²) in [4.78, 5) is 4.03. The number of alkyl halides is 1. The number of hydrogen-bond acceptors (Lipinski definition) is 2. The molecule has 0 fully saturated rings. The molecule has 2 aromatic heterocycles. The van der Waals surface area contributed by atoms with Crippen LogP contribution in [0.3, 0.4) is 0 Å². The van der Waals surface area contributed by atoms with Crippen molar-refractivity contribution in [2.45, 2.75) is 6.67 Å². The first kappa shape index (κ1) is 11.0. The Labute approximate surface area is 94.3 Å². The SMILES string of the molecule is FCc1cccc(-n2[c-]ccn2)n1.[Ir]. The number of aromatic nitrogens is 3. The molecule has 5 heteroatoms. The molecule has 0 atom stereocenters. The zero-order chi connectivity index (χ0) is 9.10. The van der Waals surface area contributed by atoms with Gasteiger partial charge in [-0.1, -0.05) is 24.5 Å². The summed E-state index contributed by atoms with van der Waals surface area (Å²) in [6, 6.07) is 6.80. The molecule has 0 spiro atoms.